The Labute approximate surface area is 112 Å². The Morgan fingerprint density at radius 3 is 2.89 bits per heavy atom. The van der Waals surface area contributed by atoms with Crippen LogP contribution >= 0.6 is 11.6 Å². The molecule has 1 aliphatic rings. The quantitative estimate of drug-likeness (QED) is 0.852. The first-order valence-corrected chi connectivity index (χ1v) is 6.78. The van der Waals surface area contributed by atoms with Crippen LogP contribution in [-0.4, -0.2) is 16.5 Å². The fraction of sp³-hybridized carbons (Fsp3) is 0.429. The van der Waals surface area contributed by atoms with Gasteiger partial charge in [-0.1, -0.05) is 19.1 Å². The number of benzene rings is 1. The van der Waals surface area contributed by atoms with Gasteiger partial charge < -0.3 is 5.32 Å². The van der Waals surface area contributed by atoms with Crippen molar-refractivity contribution in [2.75, 3.05) is 11.9 Å². The smallest absolute Gasteiger partial charge is 0.224 e. The third-order valence-electron chi connectivity index (χ3n) is 3.59. The summed E-state index contributed by atoms with van der Waals surface area (Å²) in [7, 11) is 0. The average Bonchev–Trinajstić information content (AvgIpc) is 3.19. The van der Waals surface area contributed by atoms with E-state index in [-0.39, 0.29) is 0 Å². The Bertz CT molecular complexity index is 566. The minimum Gasteiger partial charge on any atom is -0.369 e. The third-order valence-corrected chi connectivity index (χ3v) is 3.76. The molecule has 4 heteroatoms. The first-order valence-electron chi connectivity index (χ1n) is 6.40. The van der Waals surface area contributed by atoms with E-state index in [9.17, 15) is 0 Å². The van der Waals surface area contributed by atoms with Gasteiger partial charge in [-0.3, -0.25) is 0 Å². The highest BCUT2D eigenvalue weighted by Gasteiger charge is 2.27. The second-order valence-electron chi connectivity index (χ2n) is 5.05. The van der Waals surface area contributed by atoms with E-state index < -0.39 is 0 Å². The van der Waals surface area contributed by atoms with E-state index in [1.165, 1.54) is 12.8 Å². The van der Waals surface area contributed by atoms with Crippen LogP contribution in [0.15, 0.2) is 24.3 Å². The summed E-state index contributed by atoms with van der Waals surface area (Å²) in [5.41, 5.74) is 0.888. The summed E-state index contributed by atoms with van der Waals surface area (Å²) in [6.45, 7) is 3.23. The highest BCUT2D eigenvalue weighted by Crippen LogP contribution is 2.36. The number of hydrogen-bond donors (Lipinski definition) is 1. The van der Waals surface area contributed by atoms with Crippen molar-refractivity contribution in [3.8, 4) is 0 Å². The van der Waals surface area contributed by atoms with Crippen molar-refractivity contribution in [1.29, 1.82) is 0 Å². The third kappa shape index (κ3) is 2.41. The highest BCUT2D eigenvalue weighted by atomic mass is 35.5. The molecule has 1 aliphatic carbocycles. The molecule has 1 fully saturated rings. The SMILES string of the molecule is CC(CNc1nc(Cl)nc2ccccc12)C1CC1. The molecule has 0 amide bonds. The van der Waals surface area contributed by atoms with Crippen LogP contribution in [0.3, 0.4) is 0 Å². The first kappa shape index (κ1) is 11.7. The Balaban J connectivity index is 1.85. The van der Waals surface area contributed by atoms with Crippen molar-refractivity contribution in [2.24, 2.45) is 11.8 Å². The van der Waals surface area contributed by atoms with Crippen molar-refractivity contribution in [3.63, 3.8) is 0 Å². The molecule has 2 aromatic rings. The van der Waals surface area contributed by atoms with E-state index in [1.54, 1.807) is 0 Å². The molecular formula is C14H16ClN3. The van der Waals surface area contributed by atoms with Crippen LogP contribution in [0.1, 0.15) is 19.8 Å². The maximum Gasteiger partial charge on any atom is 0.224 e. The molecule has 0 saturated heterocycles. The van der Waals surface area contributed by atoms with Crippen LogP contribution in [0.25, 0.3) is 10.9 Å². The number of anilines is 1. The zero-order valence-electron chi connectivity index (χ0n) is 10.4. The fourth-order valence-corrected chi connectivity index (χ4v) is 2.45. The average molecular weight is 262 g/mol. The van der Waals surface area contributed by atoms with Crippen LogP contribution < -0.4 is 5.32 Å². The number of rotatable bonds is 4. The predicted octanol–water partition coefficient (Wildman–Crippen LogP) is 3.74. The standard InChI is InChI=1S/C14H16ClN3/c1-9(10-6-7-10)8-16-13-11-4-2-3-5-12(11)17-14(15)18-13/h2-5,9-10H,6-8H2,1H3,(H,16,17,18). The van der Waals surface area contributed by atoms with Gasteiger partial charge in [0.15, 0.2) is 0 Å². The molecule has 1 atom stereocenters. The molecule has 1 N–H and O–H groups in total. The zero-order valence-corrected chi connectivity index (χ0v) is 11.1. The molecule has 0 aliphatic heterocycles. The largest absolute Gasteiger partial charge is 0.369 e. The van der Waals surface area contributed by atoms with Crippen molar-refractivity contribution < 1.29 is 0 Å². The van der Waals surface area contributed by atoms with Crippen molar-refractivity contribution >= 4 is 28.3 Å². The van der Waals surface area contributed by atoms with Gasteiger partial charge in [0, 0.05) is 11.9 Å². The normalized spacial score (nSPS) is 16.8. The lowest BCUT2D eigenvalue weighted by Crippen LogP contribution is -2.14. The van der Waals surface area contributed by atoms with Crippen LogP contribution in [0.4, 0.5) is 5.82 Å². The summed E-state index contributed by atoms with van der Waals surface area (Å²) < 4.78 is 0. The molecule has 18 heavy (non-hydrogen) atoms. The summed E-state index contributed by atoms with van der Waals surface area (Å²) in [6.07, 6.45) is 2.74. The summed E-state index contributed by atoms with van der Waals surface area (Å²) in [4.78, 5) is 8.52. The molecule has 1 heterocycles. The van der Waals surface area contributed by atoms with Gasteiger partial charge in [-0.05, 0) is 48.4 Å². The molecule has 1 unspecified atom stereocenters. The Morgan fingerprint density at radius 1 is 1.33 bits per heavy atom. The Kier molecular flexibility index (Phi) is 3.08. The van der Waals surface area contributed by atoms with Gasteiger partial charge >= 0.3 is 0 Å². The molecule has 0 spiro atoms. The van der Waals surface area contributed by atoms with Gasteiger partial charge in [0.1, 0.15) is 5.82 Å². The summed E-state index contributed by atoms with van der Waals surface area (Å²) in [5.74, 6) is 2.43. The number of halogens is 1. The molecule has 3 rings (SSSR count). The lowest BCUT2D eigenvalue weighted by molar-refractivity contribution is 0.536. The van der Waals surface area contributed by atoms with Crippen molar-refractivity contribution in [1.82, 2.24) is 9.97 Å². The van der Waals surface area contributed by atoms with Crippen LogP contribution in [0.5, 0.6) is 0 Å². The number of aromatic nitrogens is 2. The molecular weight excluding hydrogens is 246 g/mol. The molecule has 0 bridgehead atoms. The number of fused-ring (bicyclic) bond motifs is 1. The number of nitrogens with one attached hydrogen (secondary N) is 1. The topological polar surface area (TPSA) is 37.8 Å². The maximum atomic E-state index is 5.95. The van der Waals surface area contributed by atoms with Gasteiger partial charge in [-0.2, -0.15) is 0 Å². The summed E-state index contributed by atoms with van der Waals surface area (Å²) >= 11 is 5.95. The van der Waals surface area contributed by atoms with Crippen LogP contribution in [0, 0.1) is 11.8 Å². The lowest BCUT2D eigenvalue weighted by atomic mass is 10.1. The van der Waals surface area contributed by atoms with Gasteiger partial charge in [0.2, 0.25) is 5.28 Å². The number of hydrogen-bond acceptors (Lipinski definition) is 3. The van der Waals surface area contributed by atoms with Gasteiger partial charge in [0.25, 0.3) is 0 Å². The van der Waals surface area contributed by atoms with Crippen LogP contribution in [-0.2, 0) is 0 Å². The number of para-hydroxylation sites is 1. The first-order chi connectivity index (χ1) is 8.74. The molecule has 1 aromatic carbocycles. The van der Waals surface area contributed by atoms with Gasteiger partial charge in [0.05, 0.1) is 5.52 Å². The monoisotopic (exact) mass is 261 g/mol. The fourth-order valence-electron chi connectivity index (χ4n) is 2.27. The van der Waals surface area contributed by atoms with Gasteiger partial charge in [-0.15, -0.1) is 0 Å². The lowest BCUT2D eigenvalue weighted by Gasteiger charge is -2.13. The Hall–Kier alpha value is -1.35. The summed E-state index contributed by atoms with van der Waals surface area (Å²) in [5, 5.41) is 4.75. The molecule has 94 valence electrons. The minimum absolute atomic E-state index is 0.301. The van der Waals surface area contributed by atoms with Crippen LogP contribution in [0.2, 0.25) is 5.28 Å². The predicted molar refractivity (Wildman–Crippen MR) is 74.9 cm³/mol. The second-order valence-corrected chi connectivity index (χ2v) is 5.39. The van der Waals surface area contributed by atoms with Crippen molar-refractivity contribution in [2.45, 2.75) is 19.8 Å². The summed E-state index contributed by atoms with van der Waals surface area (Å²) in [6, 6.07) is 7.94. The van der Waals surface area contributed by atoms with E-state index in [0.29, 0.717) is 11.2 Å². The molecule has 1 aromatic heterocycles. The van der Waals surface area contributed by atoms with Crippen molar-refractivity contribution in [3.05, 3.63) is 29.5 Å². The molecule has 1 saturated carbocycles. The Morgan fingerprint density at radius 2 is 2.11 bits per heavy atom. The van der Waals surface area contributed by atoms with E-state index >= 15 is 0 Å². The number of nitrogens with zero attached hydrogens (tertiary/aromatic N) is 2. The molecule has 3 nitrogen and oxygen atoms in total. The second kappa shape index (κ2) is 4.73. The maximum absolute atomic E-state index is 5.95. The zero-order chi connectivity index (χ0) is 12.5. The van der Waals surface area contributed by atoms with E-state index in [1.807, 2.05) is 24.3 Å². The van der Waals surface area contributed by atoms with E-state index in [2.05, 4.69) is 22.2 Å². The highest BCUT2D eigenvalue weighted by molar-refractivity contribution is 6.28. The minimum atomic E-state index is 0.301. The van der Waals surface area contributed by atoms with E-state index in [0.717, 1.165) is 29.2 Å². The molecule has 0 radical (unpaired) electrons. The van der Waals surface area contributed by atoms with Gasteiger partial charge in [-0.25, -0.2) is 9.97 Å². The van der Waals surface area contributed by atoms with E-state index in [4.69, 9.17) is 11.6 Å².